The van der Waals surface area contributed by atoms with Gasteiger partial charge in [0.05, 0.1) is 5.41 Å². The molecule has 1 rings (SSSR count). The molecule has 0 aliphatic heterocycles. The molecule has 88 valence electrons. The molecule has 0 aromatic heterocycles. The second-order valence-electron chi connectivity index (χ2n) is 5.42. The Labute approximate surface area is 93.0 Å². The molecule has 0 aromatic rings. The Morgan fingerprint density at radius 1 is 1.47 bits per heavy atom. The minimum atomic E-state index is -0.313. The van der Waals surface area contributed by atoms with E-state index >= 15 is 0 Å². The maximum atomic E-state index is 11.5. The van der Waals surface area contributed by atoms with Crippen molar-refractivity contribution in [2.24, 2.45) is 11.3 Å². The van der Waals surface area contributed by atoms with Crippen LogP contribution < -0.4 is 10.6 Å². The lowest BCUT2D eigenvalue weighted by molar-refractivity contribution is -0.128. The van der Waals surface area contributed by atoms with E-state index in [1.807, 2.05) is 13.8 Å². The largest absolute Gasteiger partial charge is 0.359 e. The zero-order valence-electron chi connectivity index (χ0n) is 10.4. The maximum Gasteiger partial charge on any atom is 0.226 e. The molecule has 0 radical (unpaired) electrons. The third-order valence-corrected chi connectivity index (χ3v) is 3.12. The number of hydrogen-bond donors (Lipinski definition) is 2. The number of hydrogen-bond acceptors (Lipinski definition) is 2. The van der Waals surface area contributed by atoms with Gasteiger partial charge in [0.15, 0.2) is 0 Å². The van der Waals surface area contributed by atoms with E-state index in [2.05, 4.69) is 17.6 Å². The van der Waals surface area contributed by atoms with Crippen LogP contribution in [0.4, 0.5) is 0 Å². The normalized spacial score (nSPS) is 18.7. The molecule has 15 heavy (non-hydrogen) atoms. The van der Waals surface area contributed by atoms with E-state index in [1.54, 1.807) is 7.05 Å². The lowest BCUT2D eigenvalue weighted by atomic mass is 9.92. The standard InChI is InChI=1S/C12H24N2O/c1-9(7-10-5-6-10)14-8-12(2,3)11(15)13-4/h9-10,14H,5-8H2,1-4H3,(H,13,15)/t9-/m0/s1. The third-order valence-electron chi connectivity index (χ3n) is 3.12. The molecule has 1 saturated carbocycles. The second kappa shape index (κ2) is 4.97. The van der Waals surface area contributed by atoms with Crippen molar-refractivity contribution < 1.29 is 4.79 Å². The summed E-state index contributed by atoms with van der Waals surface area (Å²) >= 11 is 0. The van der Waals surface area contributed by atoms with Gasteiger partial charge in [-0.3, -0.25) is 4.79 Å². The first-order valence-corrected chi connectivity index (χ1v) is 5.91. The molecule has 1 amide bonds. The molecule has 0 heterocycles. The van der Waals surface area contributed by atoms with E-state index in [0.717, 1.165) is 12.5 Å². The molecular weight excluding hydrogens is 188 g/mol. The summed E-state index contributed by atoms with van der Waals surface area (Å²) in [5.41, 5.74) is -0.313. The number of nitrogens with one attached hydrogen (secondary N) is 2. The van der Waals surface area contributed by atoms with Crippen molar-refractivity contribution in [2.75, 3.05) is 13.6 Å². The molecule has 1 aliphatic carbocycles. The van der Waals surface area contributed by atoms with Gasteiger partial charge in [-0.1, -0.05) is 12.8 Å². The monoisotopic (exact) mass is 212 g/mol. The summed E-state index contributed by atoms with van der Waals surface area (Å²) < 4.78 is 0. The Hall–Kier alpha value is -0.570. The van der Waals surface area contributed by atoms with Crippen LogP contribution in [0.15, 0.2) is 0 Å². The highest BCUT2D eigenvalue weighted by atomic mass is 16.2. The van der Waals surface area contributed by atoms with E-state index in [4.69, 9.17) is 0 Å². The van der Waals surface area contributed by atoms with Crippen molar-refractivity contribution in [3.05, 3.63) is 0 Å². The number of carbonyl (C=O) groups excluding carboxylic acids is 1. The summed E-state index contributed by atoms with van der Waals surface area (Å²) in [6.45, 7) is 6.91. The van der Waals surface area contributed by atoms with Crippen LogP contribution in [0.3, 0.4) is 0 Å². The van der Waals surface area contributed by atoms with Gasteiger partial charge in [-0.05, 0) is 33.1 Å². The fraction of sp³-hybridized carbons (Fsp3) is 0.917. The van der Waals surface area contributed by atoms with Crippen LogP contribution in [0.1, 0.15) is 40.0 Å². The molecule has 3 heteroatoms. The fourth-order valence-electron chi connectivity index (χ4n) is 1.78. The number of amides is 1. The van der Waals surface area contributed by atoms with Crippen LogP contribution in [0, 0.1) is 11.3 Å². The first-order chi connectivity index (χ1) is 6.95. The van der Waals surface area contributed by atoms with Crippen molar-refractivity contribution >= 4 is 5.91 Å². The third kappa shape index (κ3) is 4.20. The Kier molecular flexibility index (Phi) is 4.14. The molecule has 0 spiro atoms. The first kappa shape index (κ1) is 12.5. The van der Waals surface area contributed by atoms with E-state index in [1.165, 1.54) is 19.3 Å². The Morgan fingerprint density at radius 2 is 2.07 bits per heavy atom. The highest BCUT2D eigenvalue weighted by Gasteiger charge is 2.28. The second-order valence-corrected chi connectivity index (χ2v) is 5.42. The van der Waals surface area contributed by atoms with Crippen molar-refractivity contribution in [2.45, 2.75) is 46.1 Å². The Balaban J connectivity index is 2.24. The topological polar surface area (TPSA) is 41.1 Å². The van der Waals surface area contributed by atoms with Gasteiger partial charge < -0.3 is 10.6 Å². The molecule has 0 aromatic carbocycles. The van der Waals surface area contributed by atoms with Gasteiger partial charge in [0.2, 0.25) is 5.91 Å². The van der Waals surface area contributed by atoms with Gasteiger partial charge in [-0.2, -0.15) is 0 Å². The average Bonchev–Trinajstić information content (AvgIpc) is 2.97. The molecule has 2 N–H and O–H groups in total. The molecule has 0 unspecified atom stereocenters. The molecule has 3 nitrogen and oxygen atoms in total. The predicted octanol–water partition coefficient (Wildman–Crippen LogP) is 1.54. The zero-order chi connectivity index (χ0) is 11.5. The van der Waals surface area contributed by atoms with E-state index < -0.39 is 0 Å². The van der Waals surface area contributed by atoms with E-state index in [0.29, 0.717) is 6.04 Å². The fourth-order valence-corrected chi connectivity index (χ4v) is 1.78. The lowest BCUT2D eigenvalue weighted by Crippen LogP contribution is -2.44. The van der Waals surface area contributed by atoms with Crippen molar-refractivity contribution in [1.29, 1.82) is 0 Å². The van der Waals surface area contributed by atoms with Crippen LogP contribution in [0.2, 0.25) is 0 Å². The highest BCUT2D eigenvalue weighted by Crippen LogP contribution is 2.33. The minimum absolute atomic E-state index is 0.105. The van der Waals surface area contributed by atoms with Gasteiger partial charge in [-0.25, -0.2) is 0 Å². The summed E-state index contributed by atoms with van der Waals surface area (Å²) in [5.74, 6) is 1.05. The smallest absolute Gasteiger partial charge is 0.226 e. The predicted molar refractivity (Wildman–Crippen MR) is 62.7 cm³/mol. The van der Waals surface area contributed by atoms with Gasteiger partial charge in [0.1, 0.15) is 0 Å². The SMILES string of the molecule is CNC(=O)C(C)(C)CN[C@@H](C)CC1CC1. The van der Waals surface area contributed by atoms with Crippen molar-refractivity contribution in [3.63, 3.8) is 0 Å². The summed E-state index contributed by atoms with van der Waals surface area (Å²) in [5, 5.41) is 6.15. The Bertz CT molecular complexity index is 222. The van der Waals surface area contributed by atoms with Crippen LogP contribution in [0.25, 0.3) is 0 Å². The highest BCUT2D eigenvalue weighted by molar-refractivity contribution is 5.81. The van der Waals surface area contributed by atoms with E-state index in [9.17, 15) is 4.79 Å². The van der Waals surface area contributed by atoms with Crippen molar-refractivity contribution in [1.82, 2.24) is 10.6 Å². The van der Waals surface area contributed by atoms with Crippen molar-refractivity contribution in [3.8, 4) is 0 Å². The van der Waals surface area contributed by atoms with Crippen LogP contribution in [0.5, 0.6) is 0 Å². The summed E-state index contributed by atoms with van der Waals surface area (Å²) in [6.07, 6.45) is 4.04. The molecule has 0 saturated heterocycles. The lowest BCUT2D eigenvalue weighted by Gasteiger charge is -2.25. The van der Waals surface area contributed by atoms with E-state index in [-0.39, 0.29) is 11.3 Å². The van der Waals surface area contributed by atoms with Gasteiger partial charge in [-0.15, -0.1) is 0 Å². The van der Waals surface area contributed by atoms with Crippen LogP contribution in [-0.2, 0) is 4.79 Å². The first-order valence-electron chi connectivity index (χ1n) is 5.91. The maximum absolute atomic E-state index is 11.5. The summed E-state index contributed by atoms with van der Waals surface area (Å²) in [6, 6.07) is 0.529. The van der Waals surface area contributed by atoms with Crippen LogP contribution >= 0.6 is 0 Å². The van der Waals surface area contributed by atoms with Gasteiger partial charge in [0, 0.05) is 19.6 Å². The molecule has 1 atom stereocenters. The molecular formula is C12H24N2O. The summed E-state index contributed by atoms with van der Waals surface area (Å²) in [4.78, 5) is 11.5. The number of rotatable bonds is 6. The average molecular weight is 212 g/mol. The molecule has 0 bridgehead atoms. The molecule has 1 aliphatic rings. The summed E-state index contributed by atoms with van der Waals surface area (Å²) in [7, 11) is 1.69. The van der Waals surface area contributed by atoms with Gasteiger partial charge in [0.25, 0.3) is 0 Å². The Morgan fingerprint density at radius 3 is 2.53 bits per heavy atom. The van der Waals surface area contributed by atoms with Crippen LogP contribution in [-0.4, -0.2) is 25.5 Å². The molecule has 1 fully saturated rings. The zero-order valence-corrected chi connectivity index (χ0v) is 10.4. The quantitative estimate of drug-likeness (QED) is 0.701. The van der Waals surface area contributed by atoms with Gasteiger partial charge >= 0.3 is 0 Å². The number of carbonyl (C=O) groups is 1. The minimum Gasteiger partial charge on any atom is -0.359 e.